The number of benzene rings is 2. The molecule has 0 aliphatic carbocycles. The quantitative estimate of drug-likeness (QED) is 0.616. The third-order valence-electron chi connectivity index (χ3n) is 6.13. The van der Waals surface area contributed by atoms with E-state index >= 15 is 0 Å². The topological polar surface area (TPSA) is 85.4 Å². The second-order valence-corrected chi connectivity index (χ2v) is 9.79. The minimum Gasteiger partial charge on any atom is -0.361 e. The van der Waals surface area contributed by atoms with Crippen molar-refractivity contribution in [2.45, 2.75) is 44.6 Å². The molecule has 1 atom stereocenters. The van der Waals surface area contributed by atoms with Crippen LogP contribution in [0.5, 0.6) is 0 Å². The van der Waals surface area contributed by atoms with E-state index in [1.165, 1.54) is 17.7 Å². The van der Waals surface area contributed by atoms with E-state index in [-0.39, 0.29) is 10.7 Å². The Labute approximate surface area is 183 Å². The molecule has 31 heavy (non-hydrogen) atoms. The van der Waals surface area contributed by atoms with Gasteiger partial charge in [-0.15, -0.1) is 0 Å². The number of hydrogen-bond donors (Lipinski definition) is 1. The molecule has 0 bridgehead atoms. The van der Waals surface area contributed by atoms with Gasteiger partial charge in [0.2, 0.25) is 10.0 Å². The van der Waals surface area contributed by atoms with E-state index in [2.05, 4.69) is 24.0 Å². The summed E-state index contributed by atoms with van der Waals surface area (Å²) in [4.78, 5) is 15.6. The fraction of sp³-hybridized carbons (Fsp3) is 0.292. The van der Waals surface area contributed by atoms with Crippen LogP contribution in [0.25, 0.3) is 5.69 Å². The molecule has 4 rings (SSSR count). The zero-order valence-electron chi connectivity index (χ0n) is 18.0. The molecule has 0 fully saturated rings. The summed E-state index contributed by atoms with van der Waals surface area (Å²) >= 11 is 0. The second kappa shape index (κ2) is 7.98. The van der Waals surface area contributed by atoms with Crippen molar-refractivity contribution in [3.8, 4) is 5.69 Å². The van der Waals surface area contributed by atoms with Gasteiger partial charge in [-0.2, -0.15) is 0 Å². The first-order valence-electron chi connectivity index (χ1n) is 10.4. The van der Waals surface area contributed by atoms with Gasteiger partial charge in [0.05, 0.1) is 11.4 Å². The normalized spacial score (nSPS) is 16.3. The Kier molecular flexibility index (Phi) is 5.49. The third-order valence-corrected chi connectivity index (χ3v) is 7.06. The van der Waals surface area contributed by atoms with E-state index in [1.54, 1.807) is 12.1 Å². The Hall–Kier alpha value is -2.90. The number of aryl methyl sites for hydroxylation is 2. The fourth-order valence-electron chi connectivity index (χ4n) is 4.47. The van der Waals surface area contributed by atoms with Crippen molar-refractivity contribution in [2.75, 3.05) is 11.4 Å². The van der Waals surface area contributed by atoms with Crippen molar-refractivity contribution in [2.24, 2.45) is 5.14 Å². The van der Waals surface area contributed by atoms with Gasteiger partial charge in [0.1, 0.15) is 0 Å². The number of para-hydroxylation sites is 1. The lowest BCUT2D eigenvalue weighted by molar-refractivity contribution is 0.0995. The van der Waals surface area contributed by atoms with Gasteiger partial charge < -0.3 is 9.47 Å². The number of carbonyl (C=O) groups excluding carboxylic acids is 1. The minimum atomic E-state index is -3.75. The van der Waals surface area contributed by atoms with Crippen LogP contribution in [0.2, 0.25) is 0 Å². The van der Waals surface area contributed by atoms with Crippen LogP contribution in [-0.2, 0) is 16.4 Å². The Morgan fingerprint density at radius 1 is 1.10 bits per heavy atom. The molecule has 0 radical (unpaired) electrons. The SMILES string of the molecule is Cc1cc(C(=O)CN2c3ccccc3CC[C@@H]2C)c(C)n1-c1ccc(S(N)(=O)=O)cc1. The second-order valence-electron chi connectivity index (χ2n) is 8.23. The first-order chi connectivity index (χ1) is 14.7. The van der Waals surface area contributed by atoms with Crippen molar-refractivity contribution in [1.29, 1.82) is 0 Å². The Balaban J connectivity index is 1.64. The standard InChI is InChI=1S/C24H27N3O3S/c1-16-8-9-19-6-4-5-7-23(19)26(16)15-24(28)22-14-17(2)27(18(22)3)20-10-12-21(13-11-20)31(25,29)30/h4-7,10-14,16H,8-9,15H2,1-3H3,(H2,25,29,30)/t16-/m0/s1. The smallest absolute Gasteiger partial charge is 0.238 e. The van der Waals surface area contributed by atoms with Gasteiger partial charge in [0.15, 0.2) is 5.78 Å². The molecule has 1 aliphatic rings. The Morgan fingerprint density at radius 3 is 2.45 bits per heavy atom. The lowest BCUT2D eigenvalue weighted by atomic mass is 9.96. The summed E-state index contributed by atoms with van der Waals surface area (Å²) in [6.45, 7) is 6.35. The molecule has 0 spiro atoms. The molecule has 2 N–H and O–H groups in total. The van der Waals surface area contributed by atoms with Crippen LogP contribution < -0.4 is 10.0 Å². The number of hydrogen-bond acceptors (Lipinski definition) is 4. The molecule has 0 saturated heterocycles. The molecule has 7 heteroatoms. The summed E-state index contributed by atoms with van der Waals surface area (Å²) in [6, 6.07) is 16.9. The van der Waals surface area contributed by atoms with Gasteiger partial charge in [-0.25, -0.2) is 13.6 Å². The summed E-state index contributed by atoms with van der Waals surface area (Å²) in [5.74, 6) is 0.0732. The van der Waals surface area contributed by atoms with Crippen LogP contribution in [0.15, 0.2) is 59.5 Å². The van der Waals surface area contributed by atoms with Gasteiger partial charge in [-0.1, -0.05) is 18.2 Å². The van der Waals surface area contributed by atoms with E-state index in [0.717, 1.165) is 35.6 Å². The maximum Gasteiger partial charge on any atom is 0.238 e. The molecular weight excluding hydrogens is 410 g/mol. The van der Waals surface area contributed by atoms with Crippen molar-refractivity contribution in [3.05, 3.63) is 77.1 Å². The molecule has 0 unspecified atom stereocenters. The fourth-order valence-corrected chi connectivity index (χ4v) is 4.98. The lowest BCUT2D eigenvalue weighted by Crippen LogP contribution is -2.41. The van der Waals surface area contributed by atoms with E-state index in [0.29, 0.717) is 18.2 Å². The molecule has 3 aromatic rings. The van der Waals surface area contributed by atoms with Crippen LogP contribution >= 0.6 is 0 Å². The highest BCUT2D eigenvalue weighted by molar-refractivity contribution is 7.89. The maximum atomic E-state index is 13.3. The number of fused-ring (bicyclic) bond motifs is 1. The number of anilines is 1. The van der Waals surface area contributed by atoms with Crippen LogP contribution in [0.1, 0.15) is 40.7 Å². The number of ketones is 1. The minimum absolute atomic E-state index is 0.0627. The number of Topliss-reactive ketones (excluding diaryl/α,β-unsaturated/α-hetero) is 1. The average Bonchev–Trinajstić information content (AvgIpc) is 3.03. The monoisotopic (exact) mass is 437 g/mol. The Bertz CT molecular complexity index is 1240. The van der Waals surface area contributed by atoms with Gasteiger partial charge in [-0.05, 0) is 75.6 Å². The molecule has 162 valence electrons. The molecule has 6 nitrogen and oxygen atoms in total. The van der Waals surface area contributed by atoms with E-state index in [1.807, 2.05) is 36.6 Å². The predicted molar refractivity (Wildman–Crippen MR) is 123 cm³/mol. The van der Waals surface area contributed by atoms with Crippen LogP contribution in [0.3, 0.4) is 0 Å². The summed E-state index contributed by atoms with van der Waals surface area (Å²) < 4.78 is 25.0. The summed E-state index contributed by atoms with van der Waals surface area (Å²) in [6.07, 6.45) is 2.06. The third kappa shape index (κ3) is 4.03. The zero-order valence-corrected chi connectivity index (χ0v) is 18.8. The Morgan fingerprint density at radius 2 is 1.77 bits per heavy atom. The molecule has 1 aliphatic heterocycles. The predicted octanol–water partition coefficient (Wildman–Crippen LogP) is 3.77. The summed E-state index contributed by atoms with van der Waals surface area (Å²) in [5.41, 5.74) is 5.65. The number of nitrogens with zero attached hydrogens (tertiary/aromatic N) is 2. The highest BCUT2D eigenvalue weighted by Gasteiger charge is 2.26. The first-order valence-corrected chi connectivity index (χ1v) is 11.9. The number of carbonyl (C=O) groups is 1. The highest BCUT2D eigenvalue weighted by atomic mass is 32.2. The van der Waals surface area contributed by atoms with Crippen molar-refractivity contribution in [3.63, 3.8) is 0 Å². The van der Waals surface area contributed by atoms with Gasteiger partial charge in [-0.3, -0.25) is 4.79 Å². The van der Waals surface area contributed by atoms with Crippen LogP contribution in [0, 0.1) is 13.8 Å². The van der Waals surface area contributed by atoms with Crippen molar-refractivity contribution < 1.29 is 13.2 Å². The largest absolute Gasteiger partial charge is 0.361 e. The van der Waals surface area contributed by atoms with Crippen molar-refractivity contribution in [1.82, 2.24) is 4.57 Å². The van der Waals surface area contributed by atoms with Gasteiger partial charge >= 0.3 is 0 Å². The number of nitrogens with two attached hydrogens (primary N) is 1. The number of aromatic nitrogens is 1. The van der Waals surface area contributed by atoms with E-state index < -0.39 is 10.0 Å². The molecule has 1 aromatic heterocycles. The summed E-state index contributed by atoms with van der Waals surface area (Å²) in [5, 5.41) is 5.20. The van der Waals surface area contributed by atoms with E-state index in [4.69, 9.17) is 5.14 Å². The molecule has 0 saturated carbocycles. The molecular formula is C24H27N3O3S. The number of sulfonamides is 1. The summed E-state index contributed by atoms with van der Waals surface area (Å²) in [7, 11) is -3.75. The number of rotatable bonds is 5. The lowest BCUT2D eigenvalue weighted by Gasteiger charge is -2.36. The molecule has 2 heterocycles. The van der Waals surface area contributed by atoms with Crippen LogP contribution in [-0.4, -0.2) is 31.4 Å². The maximum absolute atomic E-state index is 13.3. The average molecular weight is 438 g/mol. The van der Waals surface area contributed by atoms with Gasteiger partial charge in [0.25, 0.3) is 0 Å². The van der Waals surface area contributed by atoms with Crippen LogP contribution in [0.4, 0.5) is 5.69 Å². The first kappa shape index (κ1) is 21.3. The molecule has 2 aromatic carbocycles. The van der Waals surface area contributed by atoms with E-state index in [9.17, 15) is 13.2 Å². The van der Waals surface area contributed by atoms with Crippen molar-refractivity contribution >= 4 is 21.5 Å². The number of primary sulfonamides is 1. The molecule has 0 amide bonds. The van der Waals surface area contributed by atoms with Gasteiger partial charge in [0, 0.05) is 34.4 Å². The zero-order chi connectivity index (χ0) is 22.3. The highest BCUT2D eigenvalue weighted by Crippen LogP contribution is 2.31.